The molecule has 0 spiro atoms. The molecular weight excluding hydrogens is 290 g/mol. The first kappa shape index (κ1) is 14.7. The molecule has 0 bridgehead atoms. The second-order valence-electron chi connectivity index (χ2n) is 5.78. The number of hydrogen-bond acceptors (Lipinski definition) is 5. The molecule has 0 amide bonds. The van der Waals surface area contributed by atoms with Crippen LogP contribution >= 0.6 is 0 Å². The van der Waals surface area contributed by atoms with Gasteiger partial charge >= 0.3 is 0 Å². The minimum atomic E-state index is -3.18. The monoisotopic (exact) mass is 311 g/mol. The van der Waals surface area contributed by atoms with Gasteiger partial charge in [0.25, 0.3) is 0 Å². The minimum Gasteiger partial charge on any atom is -0.376 e. The minimum absolute atomic E-state index is 0.0544. The third kappa shape index (κ3) is 3.36. The molecule has 116 valence electrons. The normalized spacial score (nSPS) is 30.6. The Morgan fingerprint density at radius 3 is 2.95 bits per heavy atom. The van der Waals surface area contributed by atoms with Crippen LogP contribution in [0.15, 0.2) is 24.4 Å². The zero-order chi connectivity index (χ0) is 14.9. The number of piperidine rings is 1. The van der Waals surface area contributed by atoms with Gasteiger partial charge in [-0.1, -0.05) is 6.07 Å². The predicted molar refractivity (Wildman–Crippen MR) is 80.5 cm³/mol. The summed E-state index contributed by atoms with van der Waals surface area (Å²) in [5.74, 6) is 1.01. The Labute approximate surface area is 125 Å². The Kier molecular flexibility index (Phi) is 4.14. The van der Waals surface area contributed by atoms with Crippen LogP contribution in [0, 0.1) is 5.92 Å². The molecular formula is C14H21N3O3S. The van der Waals surface area contributed by atoms with Crippen LogP contribution in [-0.4, -0.2) is 55.8 Å². The van der Waals surface area contributed by atoms with Crippen molar-refractivity contribution in [3.05, 3.63) is 24.4 Å². The van der Waals surface area contributed by atoms with E-state index in [2.05, 4.69) is 10.3 Å². The van der Waals surface area contributed by atoms with Gasteiger partial charge in [-0.2, -0.15) is 4.31 Å². The molecule has 21 heavy (non-hydrogen) atoms. The summed E-state index contributed by atoms with van der Waals surface area (Å²) in [6.07, 6.45) is 5.05. The van der Waals surface area contributed by atoms with E-state index in [9.17, 15) is 8.42 Å². The van der Waals surface area contributed by atoms with Crippen LogP contribution in [0.2, 0.25) is 0 Å². The van der Waals surface area contributed by atoms with E-state index in [0.29, 0.717) is 13.1 Å². The van der Waals surface area contributed by atoms with Crippen molar-refractivity contribution in [3.63, 3.8) is 0 Å². The van der Waals surface area contributed by atoms with Crippen molar-refractivity contribution >= 4 is 15.8 Å². The molecule has 6 nitrogen and oxygen atoms in total. The highest BCUT2D eigenvalue weighted by Crippen LogP contribution is 2.30. The molecule has 3 heterocycles. The molecule has 1 aromatic rings. The molecule has 1 aromatic heterocycles. The molecule has 2 aliphatic rings. The average molecular weight is 311 g/mol. The molecule has 0 aliphatic carbocycles. The van der Waals surface area contributed by atoms with Gasteiger partial charge in [-0.05, 0) is 25.0 Å². The van der Waals surface area contributed by atoms with Crippen LogP contribution in [0.1, 0.15) is 12.8 Å². The lowest BCUT2D eigenvalue weighted by Crippen LogP contribution is -2.58. The molecule has 0 radical (unpaired) electrons. The Morgan fingerprint density at radius 1 is 1.38 bits per heavy atom. The van der Waals surface area contributed by atoms with Crippen molar-refractivity contribution in [2.75, 3.05) is 31.3 Å². The van der Waals surface area contributed by atoms with Crippen LogP contribution in [0.25, 0.3) is 0 Å². The smallest absolute Gasteiger partial charge is 0.211 e. The van der Waals surface area contributed by atoms with Crippen LogP contribution < -0.4 is 5.32 Å². The topological polar surface area (TPSA) is 71.5 Å². The van der Waals surface area contributed by atoms with Crippen LogP contribution in [0.4, 0.5) is 5.82 Å². The van der Waals surface area contributed by atoms with Crippen molar-refractivity contribution in [1.29, 1.82) is 0 Å². The molecule has 0 unspecified atom stereocenters. The van der Waals surface area contributed by atoms with Gasteiger partial charge in [0.05, 0.1) is 18.4 Å². The maximum Gasteiger partial charge on any atom is 0.211 e. The van der Waals surface area contributed by atoms with E-state index in [-0.39, 0.29) is 18.1 Å². The highest BCUT2D eigenvalue weighted by Gasteiger charge is 2.41. The first-order chi connectivity index (χ1) is 10.0. The summed E-state index contributed by atoms with van der Waals surface area (Å²) in [6.45, 7) is 1.74. The van der Waals surface area contributed by atoms with Crippen LogP contribution in [-0.2, 0) is 14.8 Å². The SMILES string of the molecule is CS(=O)(=O)N1C[C@@H]2CCCO[C@@H]2[C@H](Nc2ccccn2)C1. The lowest BCUT2D eigenvalue weighted by Gasteiger charge is -2.45. The van der Waals surface area contributed by atoms with Crippen molar-refractivity contribution < 1.29 is 13.2 Å². The third-order valence-electron chi connectivity index (χ3n) is 4.20. The Hall–Kier alpha value is -1.18. The number of ether oxygens (including phenoxy) is 1. The van der Waals surface area contributed by atoms with Crippen LogP contribution in [0.3, 0.4) is 0 Å². The molecule has 2 fully saturated rings. The fraction of sp³-hybridized carbons (Fsp3) is 0.643. The van der Waals surface area contributed by atoms with Gasteiger partial charge in [0.15, 0.2) is 0 Å². The molecule has 7 heteroatoms. The predicted octanol–water partition coefficient (Wildman–Crippen LogP) is 0.932. The van der Waals surface area contributed by atoms with Gasteiger partial charge in [0.2, 0.25) is 10.0 Å². The molecule has 3 atom stereocenters. The van der Waals surface area contributed by atoms with E-state index in [1.54, 1.807) is 10.5 Å². The Bertz CT molecular complexity index is 578. The quantitative estimate of drug-likeness (QED) is 0.899. The highest BCUT2D eigenvalue weighted by molar-refractivity contribution is 7.88. The van der Waals surface area contributed by atoms with Gasteiger partial charge in [0, 0.05) is 31.8 Å². The van der Waals surface area contributed by atoms with Gasteiger partial charge in [-0.15, -0.1) is 0 Å². The Morgan fingerprint density at radius 2 is 2.24 bits per heavy atom. The zero-order valence-corrected chi connectivity index (χ0v) is 12.9. The van der Waals surface area contributed by atoms with Crippen molar-refractivity contribution in [1.82, 2.24) is 9.29 Å². The van der Waals surface area contributed by atoms with E-state index >= 15 is 0 Å². The Balaban J connectivity index is 1.81. The fourth-order valence-corrected chi connectivity index (χ4v) is 4.09. The summed E-state index contributed by atoms with van der Waals surface area (Å²) in [6, 6.07) is 5.59. The first-order valence-corrected chi connectivity index (χ1v) is 9.13. The molecule has 1 N–H and O–H groups in total. The lowest BCUT2D eigenvalue weighted by molar-refractivity contribution is -0.0603. The van der Waals surface area contributed by atoms with E-state index in [1.807, 2.05) is 18.2 Å². The number of aromatic nitrogens is 1. The van der Waals surface area contributed by atoms with Gasteiger partial charge in [0.1, 0.15) is 5.82 Å². The number of sulfonamides is 1. The van der Waals surface area contributed by atoms with E-state index in [1.165, 1.54) is 6.26 Å². The molecule has 2 saturated heterocycles. The van der Waals surface area contributed by atoms with Gasteiger partial charge in [-0.25, -0.2) is 13.4 Å². The van der Waals surface area contributed by atoms with Crippen molar-refractivity contribution in [2.45, 2.75) is 25.0 Å². The van der Waals surface area contributed by atoms with E-state index < -0.39 is 10.0 Å². The lowest BCUT2D eigenvalue weighted by atomic mass is 9.86. The number of nitrogens with zero attached hydrogens (tertiary/aromatic N) is 2. The van der Waals surface area contributed by atoms with Crippen molar-refractivity contribution in [3.8, 4) is 0 Å². The highest BCUT2D eigenvalue weighted by atomic mass is 32.2. The second kappa shape index (κ2) is 5.90. The van der Waals surface area contributed by atoms with Crippen LogP contribution in [0.5, 0.6) is 0 Å². The fourth-order valence-electron chi connectivity index (χ4n) is 3.20. The van der Waals surface area contributed by atoms with E-state index in [4.69, 9.17) is 4.74 Å². The third-order valence-corrected chi connectivity index (χ3v) is 5.43. The summed E-state index contributed by atoms with van der Waals surface area (Å²) >= 11 is 0. The van der Waals surface area contributed by atoms with Crippen molar-refractivity contribution in [2.24, 2.45) is 5.92 Å². The summed E-state index contributed by atoms with van der Waals surface area (Å²) in [5.41, 5.74) is 0. The number of anilines is 1. The van der Waals surface area contributed by atoms with Gasteiger partial charge < -0.3 is 10.1 Å². The van der Waals surface area contributed by atoms with Gasteiger partial charge in [-0.3, -0.25) is 0 Å². The summed E-state index contributed by atoms with van der Waals surface area (Å²) < 4.78 is 31.3. The number of rotatable bonds is 3. The number of nitrogens with one attached hydrogen (secondary N) is 1. The maximum absolute atomic E-state index is 11.9. The summed E-state index contributed by atoms with van der Waals surface area (Å²) in [7, 11) is -3.18. The average Bonchev–Trinajstić information content (AvgIpc) is 2.47. The zero-order valence-electron chi connectivity index (χ0n) is 12.1. The molecule has 0 saturated carbocycles. The largest absolute Gasteiger partial charge is 0.376 e. The second-order valence-corrected chi connectivity index (χ2v) is 7.77. The van der Waals surface area contributed by atoms with E-state index in [0.717, 1.165) is 25.3 Å². The molecule has 2 aliphatic heterocycles. The summed E-state index contributed by atoms with van der Waals surface area (Å²) in [5, 5.41) is 3.34. The molecule has 3 rings (SSSR count). The maximum atomic E-state index is 11.9. The number of fused-ring (bicyclic) bond motifs is 1. The number of pyridine rings is 1. The molecule has 0 aromatic carbocycles. The standard InChI is InChI=1S/C14H21N3O3S/c1-21(18,19)17-9-11-5-4-8-20-14(11)12(10-17)16-13-6-2-3-7-15-13/h2-3,6-7,11-12,14H,4-5,8-10H2,1H3,(H,15,16)/t11-,12+,14-/m0/s1. The number of hydrogen-bond donors (Lipinski definition) is 1. The first-order valence-electron chi connectivity index (χ1n) is 7.28. The summed E-state index contributed by atoms with van der Waals surface area (Å²) in [4.78, 5) is 4.26.